The lowest BCUT2D eigenvalue weighted by atomic mass is 10.0. The van der Waals surface area contributed by atoms with Crippen molar-refractivity contribution >= 4 is 34.0 Å². The molecule has 11 heteroatoms. The fraction of sp³-hybridized carbons (Fsp3) is 0.357. The van der Waals surface area contributed by atoms with E-state index in [1.165, 1.54) is 18.4 Å². The number of fused-ring (bicyclic) bond motifs is 1. The van der Waals surface area contributed by atoms with Crippen LogP contribution >= 0.6 is 11.3 Å². The molecule has 2 heterocycles. The van der Waals surface area contributed by atoms with Gasteiger partial charge in [0.15, 0.2) is 11.5 Å². The van der Waals surface area contributed by atoms with Crippen LogP contribution in [0.1, 0.15) is 33.3 Å². The smallest absolute Gasteiger partial charge is 0.410 e. The van der Waals surface area contributed by atoms with Crippen LogP contribution in [0.3, 0.4) is 0 Å². The lowest BCUT2D eigenvalue weighted by Gasteiger charge is -2.26. The molecule has 39 heavy (non-hydrogen) atoms. The van der Waals surface area contributed by atoms with E-state index in [1.54, 1.807) is 51.4 Å². The van der Waals surface area contributed by atoms with Crippen molar-refractivity contribution in [3.05, 3.63) is 58.0 Å². The number of nitrogens with one attached hydrogen (secondary N) is 2. The van der Waals surface area contributed by atoms with Crippen molar-refractivity contribution in [2.75, 3.05) is 52.2 Å². The molecule has 0 bridgehead atoms. The Bertz CT molecular complexity index is 1340. The molecule has 0 aliphatic carbocycles. The molecule has 0 fully saturated rings. The van der Waals surface area contributed by atoms with Crippen molar-refractivity contribution < 1.29 is 33.3 Å². The van der Waals surface area contributed by atoms with E-state index in [4.69, 9.17) is 23.7 Å². The van der Waals surface area contributed by atoms with Crippen LogP contribution in [-0.2, 0) is 24.2 Å². The molecule has 1 aliphatic heterocycles. The zero-order valence-corrected chi connectivity index (χ0v) is 23.5. The van der Waals surface area contributed by atoms with E-state index >= 15 is 0 Å². The minimum absolute atomic E-state index is 0.268. The molecule has 3 aromatic rings. The average Bonchev–Trinajstić information content (AvgIpc) is 3.33. The number of carbonyl (C=O) groups excluding carboxylic acids is 2. The molecule has 2 N–H and O–H groups in total. The first-order chi connectivity index (χ1) is 18.9. The topological polar surface area (TPSA) is 108 Å². The predicted molar refractivity (Wildman–Crippen MR) is 150 cm³/mol. The van der Waals surface area contributed by atoms with Crippen LogP contribution < -0.4 is 29.6 Å². The molecule has 4 rings (SSSR count). The molecular formula is C28H33N3O7S. The Morgan fingerprint density at radius 2 is 1.72 bits per heavy atom. The minimum atomic E-state index is -0.356. The van der Waals surface area contributed by atoms with E-state index < -0.39 is 0 Å². The summed E-state index contributed by atoms with van der Waals surface area (Å²) in [5.74, 6) is 2.10. The Labute approximate surface area is 231 Å². The van der Waals surface area contributed by atoms with Crippen LogP contribution in [0.4, 0.5) is 15.5 Å². The maximum atomic E-state index is 13.7. The zero-order chi connectivity index (χ0) is 27.9. The monoisotopic (exact) mass is 555 g/mol. The van der Waals surface area contributed by atoms with E-state index in [2.05, 4.69) is 10.6 Å². The lowest BCUT2D eigenvalue weighted by Crippen LogP contribution is -2.36. The van der Waals surface area contributed by atoms with Crippen LogP contribution in [0.5, 0.6) is 23.0 Å². The highest BCUT2D eigenvalue weighted by molar-refractivity contribution is 7.16. The normalized spacial score (nSPS) is 12.3. The summed E-state index contributed by atoms with van der Waals surface area (Å²) in [4.78, 5) is 28.7. The van der Waals surface area contributed by atoms with Gasteiger partial charge in [0, 0.05) is 24.0 Å². The van der Waals surface area contributed by atoms with Crippen LogP contribution in [0.2, 0.25) is 0 Å². The van der Waals surface area contributed by atoms with E-state index in [9.17, 15) is 9.59 Å². The first-order valence-corrected chi connectivity index (χ1v) is 13.3. The molecule has 0 saturated carbocycles. The van der Waals surface area contributed by atoms with Crippen molar-refractivity contribution in [3.63, 3.8) is 0 Å². The maximum Gasteiger partial charge on any atom is 0.410 e. The van der Waals surface area contributed by atoms with Crippen molar-refractivity contribution in [1.29, 1.82) is 0 Å². The van der Waals surface area contributed by atoms with Gasteiger partial charge >= 0.3 is 6.09 Å². The number of hydrogen-bond donors (Lipinski definition) is 2. The van der Waals surface area contributed by atoms with Crippen molar-refractivity contribution in [2.24, 2.45) is 0 Å². The molecule has 2 amide bonds. The quantitative estimate of drug-likeness (QED) is 0.353. The molecule has 0 unspecified atom stereocenters. The van der Waals surface area contributed by atoms with Crippen LogP contribution in [-0.4, -0.2) is 58.5 Å². The van der Waals surface area contributed by atoms with Gasteiger partial charge in [0.05, 0.1) is 52.8 Å². The van der Waals surface area contributed by atoms with Gasteiger partial charge in [0.1, 0.15) is 16.5 Å². The number of hydrogen-bond acceptors (Lipinski definition) is 9. The number of amides is 2. The third-order valence-corrected chi connectivity index (χ3v) is 7.54. The third-order valence-electron chi connectivity index (χ3n) is 6.37. The standard InChI is InChI=1S/C28H33N3O7S/c1-6-38-28(33)31-12-11-19-24(16-31)39-27(29-15-17-7-10-21(35-3)23(13-17)37-5)25(19)26(32)30-20-9-8-18(34-2)14-22(20)36-4/h7-10,13-14,29H,6,11-12,15-16H2,1-5H3,(H,30,32). The van der Waals surface area contributed by atoms with Gasteiger partial charge in [-0.1, -0.05) is 6.07 Å². The first kappa shape index (κ1) is 27.9. The molecule has 0 saturated heterocycles. The SMILES string of the molecule is CCOC(=O)N1CCc2c(sc(NCc3ccc(OC)c(OC)c3)c2C(=O)Nc2ccc(OC)cc2OC)C1. The molecule has 1 aliphatic rings. The van der Waals surface area contributed by atoms with E-state index in [0.29, 0.717) is 71.9 Å². The van der Waals surface area contributed by atoms with Gasteiger partial charge in [0.25, 0.3) is 5.91 Å². The van der Waals surface area contributed by atoms with Crippen molar-refractivity contribution in [3.8, 4) is 23.0 Å². The van der Waals surface area contributed by atoms with Gasteiger partial charge in [-0.3, -0.25) is 4.79 Å². The third kappa shape index (κ3) is 6.14. The molecule has 10 nitrogen and oxygen atoms in total. The fourth-order valence-electron chi connectivity index (χ4n) is 4.40. The molecular weight excluding hydrogens is 522 g/mol. The summed E-state index contributed by atoms with van der Waals surface area (Å²) in [6.45, 7) is 3.38. The Kier molecular flexibility index (Phi) is 9.03. The van der Waals surface area contributed by atoms with Crippen LogP contribution in [0.25, 0.3) is 0 Å². The Balaban J connectivity index is 1.64. The maximum absolute atomic E-state index is 13.7. The summed E-state index contributed by atoms with van der Waals surface area (Å²) in [5.41, 5.74) is 2.95. The summed E-state index contributed by atoms with van der Waals surface area (Å²) in [6.07, 6.45) is 0.177. The van der Waals surface area contributed by atoms with Gasteiger partial charge in [-0.15, -0.1) is 11.3 Å². The van der Waals surface area contributed by atoms with E-state index in [1.807, 2.05) is 18.2 Å². The summed E-state index contributed by atoms with van der Waals surface area (Å²) in [6, 6.07) is 10.9. The Morgan fingerprint density at radius 1 is 0.949 bits per heavy atom. The fourth-order valence-corrected chi connectivity index (χ4v) is 5.65. The second-order valence-corrected chi connectivity index (χ2v) is 9.75. The number of ether oxygens (including phenoxy) is 5. The highest BCUT2D eigenvalue weighted by atomic mass is 32.1. The zero-order valence-electron chi connectivity index (χ0n) is 22.7. The molecule has 0 spiro atoms. The second-order valence-electron chi connectivity index (χ2n) is 8.64. The van der Waals surface area contributed by atoms with Gasteiger partial charge in [-0.05, 0) is 48.7 Å². The van der Waals surface area contributed by atoms with Gasteiger partial charge in [-0.2, -0.15) is 0 Å². The largest absolute Gasteiger partial charge is 0.497 e. The summed E-state index contributed by atoms with van der Waals surface area (Å²) in [7, 11) is 6.29. The number of rotatable bonds is 10. The second kappa shape index (κ2) is 12.6. The minimum Gasteiger partial charge on any atom is -0.497 e. The molecule has 2 aromatic carbocycles. The summed E-state index contributed by atoms with van der Waals surface area (Å²) >= 11 is 1.46. The van der Waals surface area contributed by atoms with Crippen LogP contribution in [0.15, 0.2) is 36.4 Å². The number of carbonyl (C=O) groups is 2. The number of thiophene rings is 1. The number of nitrogens with zero attached hydrogens (tertiary/aromatic N) is 1. The predicted octanol–water partition coefficient (Wildman–Crippen LogP) is 5.16. The number of methoxy groups -OCH3 is 4. The van der Waals surface area contributed by atoms with Crippen molar-refractivity contribution in [1.82, 2.24) is 4.90 Å². The average molecular weight is 556 g/mol. The molecule has 0 atom stereocenters. The van der Waals surface area contributed by atoms with E-state index in [-0.39, 0.29) is 12.0 Å². The first-order valence-electron chi connectivity index (χ1n) is 12.5. The van der Waals surface area contributed by atoms with Gasteiger partial charge in [-0.25, -0.2) is 4.79 Å². The Morgan fingerprint density at radius 3 is 2.41 bits per heavy atom. The molecule has 208 valence electrons. The number of benzene rings is 2. The summed E-state index contributed by atoms with van der Waals surface area (Å²) in [5, 5.41) is 7.14. The lowest BCUT2D eigenvalue weighted by molar-refractivity contribution is 0.102. The molecule has 0 radical (unpaired) electrons. The molecule has 1 aromatic heterocycles. The van der Waals surface area contributed by atoms with Gasteiger partial charge in [0.2, 0.25) is 0 Å². The highest BCUT2D eigenvalue weighted by Crippen LogP contribution is 2.39. The van der Waals surface area contributed by atoms with E-state index in [0.717, 1.165) is 16.0 Å². The van der Waals surface area contributed by atoms with Crippen molar-refractivity contribution in [2.45, 2.75) is 26.4 Å². The Hall–Kier alpha value is -4.12. The highest BCUT2D eigenvalue weighted by Gasteiger charge is 2.30. The van der Waals surface area contributed by atoms with Crippen LogP contribution in [0, 0.1) is 0 Å². The van der Waals surface area contributed by atoms with Gasteiger partial charge < -0.3 is 39.2 Å². The summed E-state index contributed by atoms with van der Waals surface area (Å²) < 4.78 is 26.7. The number of anilines is 2.